The van der Waals surface area contributed by atoms with Gasteiger partial charge in [0.25, 0.3) is 0 Å². The number of carbonyl (C=O) groups is 1. The Balaban J connectivity index is 1.62. The average molecular weight is 402 g/mol. The van der Waals surface area contributed by atoms with E-state index in [0.29, 0.717) is 5.02 Å². The van der Waals surface area contributed by atoms with Crippen LogP contribution in [0.5, 0.6) is 0 Å². The van der Waals surface area contributed by atoms with Crippen LogP contribution in [0.25, 0.3) is 44.8 Å². The summed E-state index contributed by atoms with van der Waals surface area (Å²) in [7, 11) is 0. The number of H-pyrrole nitrogens is 2. The van der Waals surface area contributed by atoms with E-state index in [-0.39, 0.29) is 5.91 Å². The normalized spacial score (nSPS) is 11.2. The van der Waals surface area contributed by atoms with Crippen molar-refractivity contribution in [3.8, 4) is 22.8 Å². The van der Waals surface area contributed by atoms with Crippen molar-refractivity contribution in [3.05, 3.63) is 65.7 Å². The third-order valence-corrected chi connectivity index (χ3v) is 4.92. The molecule has 0 fully saturated rings. The van der Waals surface area contributed by atoms with Crippen LogP contribution in [0.15, 0.2) is 60.7 Å². The molecular weight excluding hydrogens is 386 g/mol. The summed E-state index contributed by atoms with van der Waals surface area (Å²) >= 11 is 6.10. The zero-order chi connectivity index (χ0) is 20.0. The van der Waals surface area contributed by atoms with Crippen molar-refractivity contribution in [2.24, 2.45) is 0 Å². The number of nitrogens with one attached hydrogen (secondary N) is 3. The van der Waals surface area contributed by atoms with Gasteiger partial charge in [0, 0.05) is 28.8 Å². The minimum absolute atomic E-state index is 0.112. The second-order valence-corrected chi connectivity index (χ2v) is 7.23. The van der Waals surface area contributed by atoms with Crippen molar-refractivity contribution in [2.75, 3.05) is 5.32 Å². The lowest BCUT2D eigenvalue weighted by atomic mass is 10.1. The van der Waals surface area contributed by atoms with Crippen LogP contribution in [0.2, 0.25) is 5.02 Å². The number of carbonyl (C=O) groups excluding carboxylic acids is 1. The fraction of sp³-hybridized carbons (Fsp3) is 0.0455. The Kier molecular flexibility index (Phi) is 4.07. The van der Waals surface area contributed by atoms with E-state index in [1.807, 2.05) is 60.7 Å². The Bertz CT molecular complexity index is 1380. The maximum absolute atomic E-state index is 11.3. The minimum atomic E-state index is -0.112. The van der Waals surface area contributed by atoms with Crippen molar-refractivity contribution in [3.63, 3.8) is 0 Å². The van der Waals surface area contributed by atoms with Gasteiger partial charge in [-0.2, -0.15) is 0 Å². The van der Waals surface area contributed by atoms with Crippen LogP contribution in [0.4, 0.5) is 5.69 Å². The SMILES string of the molecule is CC(=O)Nc1ccc2nc(-c3ccccc3-c3nc4ccc(Cl)cc4[nH]3)[nH]c2c1. The van der Waals surface area contributed by atoms with E-state index in [0.717, 1.165) is 50.5 Å². The van der Waals surface area contributed by atoms with Crippen molar-refractivity contribution in [1.82, 2.24) is 19.9 Å². The molecule has 142 valence electrons. The van der Waals surface area contributed by atoms with Gasteiger partial charge in [0.1, 0.15) is 11.6 Å². The standard InChI is InChI=1S/C22H16ClN5O/c1-12(29)24-14-7-9-18-20(11-14)28-22(26-18)16-5-3-2-4-15(16)21-25-17-8-6-13(23)10-19(17)27-21/h2-11H,1H3,(H,24,29)(H,25,27)(H,26,28). The van der Waals surface area contributed by atoms with Crippen LogP contribution < -0.4 is 5.32 Å². The lowest BCUT2D eigenvalue weighted by Gasteiger charge is -2.04. The third-order valence-electron chi connectivity index (χ3n) is 4.68. The Labute approximate surface area is 171 Å². The molecule has 0 atom stereocenters. The molecule has 0 saturated carbocycles. The highest BCUT2D eigenvalue weighted by atomic mass is 35.5. The van der Waals surface area contributed by atoms with Crippen LogP contribution in [-0.4, -0.2) is 25.8 Å². The predicted molar refractivity (Wildman–Crippen MR) is 116 cm³/mol. The Morgan fingerprint density at radius 3 is 2.07 bits per heavy atom. The number of hydrogen-bond acceptors (Lipinski definition) is 3. The highest BCUT2D eigenvalue weighted by molar-refractivity contribution is 6.31. The van der Waals surface area contributed by atoms with E-state index >= 15 is 0 Å². The fourth-order valence-corrected chi connectivity index (χ4v) is 3.60. The minimum Gasteiger partial charge on any atom is -0.338 e. The molecule has 7 heteroatoms. The van der Waals surface area contributed by atoms with Gasteiger partial charge in [-0.05, 0) is 36.4 Å². The van der Waals surface area contributed by atoms with E-state index in [9.17, 15) is 4.79 Å². The van der Waals surface area contributed by atoms with Gasteiger partial charge in [-0.1, -0.05) is 35.9 Å². The quantitative estimate of drug-likeness (QED) is 0.379. The maximum atomic E-state index is 11.3. The lowest BCUT2D eigenvalue weighted by Crippen LogP contribution is -2.05. The number of benzene rings is 3. The van der Waals surface area contributed by atoms with Gasteiger partial charge >= 0.3 is 0 Å². The number of rotatable bonds is 3. The summed E-state index contributed by atoms with van der Waals surface area (Å²) in [5, 5.41) is 3.45. The largest absolute Gasteiger partial charge is 0.338 e. The number of hydrogen-bond donors (Lipinski definition) is 3. The fourth-order valence-electron chi connectivity index (χ4n) is 3.42. The van der Waals surface area contributed by atoms with Gasteiger partial charge in [-0.3, -0.25) is 4.79 Å². The molecule has 0 aliphatic rings. The number of imidazole rings is 2. The zero-order valence-electron chi connectivity index (χ0n) is 15.5. The molecule has 0 aliphatic heterocycles. The van der Waals surface area contributed by atoms with Crippen LogP contribution in [0.3, 0.4) is 0 Å². The summed E-state index contributed by atoms with van der Waals surface area (Å²) in [4.78, 5) is 27.4. The van der Waals surface area contributed by atoms with Crippen LogP contribution in [0, 0.1) is 0 Å². The summed E-state index contributed by atoms with van der Waals surface area (Å²) in [5.74, 6) is 1.37. The van der Waals surface area contributed by atoms with Gasteiger partial charge in [-0.25, -0.2) is 9.97 Å². The molecule has 0 saturated heterocycles. The van der Waals surface area contributed by atoms with Crippen LogP contribution >= 0.6 is 11.6 Å². The first-order chi connectivity index (χ1) is 14.1. The Hall–Kier alpha value is -3.64. The molecule has 2 aromatic heterocycles. The van der Waals surface area contributed by atoms with E-state index in [1.165, 1.54) is 6.92 Å². The second kappa shape index (κ2) is 6.76. The molecule has 0 aliphatic carbocycles. The molecule has 0 unspecified atom stereocenters. The summed E-state index contributed by atoms with van der Waals surface area (Å²) in [6, 6.07) is 19.1. The third kappa shape index (κ3) is 3.23. The molecule has 29 heavy (non-hydrogen) atoms. The van der Waals surface area contributed by atoms with E-state index in [2.05, 4.69) is 15.3 Å². The molecule has 3 N–H and O–H groups in total. The van der Waals surface area contributed by atoms with Crippen LogP contribution in [-0.2, 0) is 4.79 Å². The maximum Gasteiger partial charge on any atom is 0.221 e. The summed E-state index contributed by atoms with van der Waals surface area (Å²) in [6.45, 7) is 1.49. The van der Waals surface area contributed by atoms with Gasteiger partial charge in [0.2, 0.25) is 5.91 Å². The van der Waals surface area contributed by atoms with Crippen molar-refractivity contribution in [1.29, 1.82) is 0 Å². The monoisotopic (exact) mass is 401 g/mol. The van der Waals surface area contributed by atoms with Gasteiger partial charge in [-0.15, -0.1) is 0 Å². The summed E-state index contributed by atoms with van der Waals surface area (Å²) in [6.07, 6.45) is 0. The molecule has 0 radical (unpaired) electrons. The molecular formula is C22H16ClN5O. The highest BCUT2D eigenvalue weighted by Crippen LogP contribution is 2.32. The van der Waals surface area contributed by atoms with Crippen molar-refractivity contribution < 1.29 is 4.79 Å². The second-order valence-electron chi connectivity index (χ2n) is 6.79. The van der Waals surface area contributed by atoms with Gasteiger partial charge in [0.05, 0.1) is 22.1 Å². The van der Waals surface area contributed by atoms with Gasteiger partial charge in [0.15, 0.2) is 0 Å². The number of aromatic amines is 2. The first-order valence-electron chi connectivity index (χ1n) is 9.09. The molecule has 0 spiro atoms. The van der Waals surface area contributed by atoms with Gasteiger partial charge < -0.3 is 15.3 Å². The molecule has 6 nitrogen and oxygen atoms in total. The number of nitrogens with zero attached hydrogens (tertiary/aromatic N) is 2. The van der Waals surface area contributed by atoms with Crippen molar-refractivity contribution >= 4 is 45.3 Å². The first kappa shape index (κ1) is 17.5. The van der Waals surface area contributed by atoms with E-state index < -0.39 is 0 Å². The number of anilines is 1. The number of halogens is 1. The summed E-state index contributed by atoms with van der Waals surface area (Å²) in [5.41, 5.74) is 5.98. The summed E-state index contributed by atoms with van der Waals surface area (Å²) < 4.78 is 0. The molecule has 3 aromatic carbocycles. The first-order valence-corrected chi connectivity index (χ1v) is 9.47. The molecule has 1 amide bonds. The average Bonchev–Trinajstić information content (AvgIpc) is 3.30. The number of fused-ring (bicyclic) bond motifs is 2. The van der Waals surface area contributed by atoms with Crippen LogP contribution in [0.1, 0.15) is 6.92 Å². The smallest absolute Gasteiger partial charge is 0.221 e. The predicted octanol–water partition coefficient (Wildman–Crippen LogP) is 5.39. The van der Waals surface area contributed by atoms with E-state index in [1.54, 1.807) is 0 Å². The van der Waals surface area contributed by atoms with Crippen molar-refractivity contribution in [2.45, 2.75) is 6.92 Å². The highest BCUT2D eigenvalue weighted by Gasteiger charge is 2.14. The zero-order valence-corrected chi connectivity index (χ0v) is 16.2. The Morgan fingerprint density at radius 2 is 1.45 bits per heavy atom. The number of aromatic nitrogens is 4. The number of amides is 1. The Morgan fingerprint density at radius 1 is 0.862 bits per heavy atom. The van der Waals surface area contributed by atoms with E-state index in [4.69, 9.17) is 21.6 Å². The lowest BCUT2D eigenvalue weighted by molar-refractivity contribution is -0.114. The topological polar surface area (TPSA) is 86.5 Å². The molecule has 5 aromatic rings. The molecule has 2 heterocycles. The molecule has 0 bridgehead atoms. The molecule has 5 rings (SSSR count).